The minimum Gasteiger partial charge on any atom is -0.462 e. The molecule has 2 fully saturated rings. The number of unbranched alkanes of at least 4 members (excludes halogenated alkanes) is 17. The van der Waals surface area contributed by atoms with Crippen LogP contribution in [0.15, 0.2) is 60.8 Å². The van der Waals surface area contributed by atoms with Crippen molar-refractivity contribution in [2.45, 2.75) is 248 Å². The fraction of sp³-hybridized carbons (Fsp3) is 0.782. The van der Waals surface area contributed by atoms with Gasteiger partial charge < -0.3 is 64.2 Å². The van der Waals surface area contributed by atoms with Crippen molar-refractivity contribution in [3.05, 3.63) is 60.8 Å². The van der Waals surface area contributed by atoms with Gasteiger partial charge in [0.25, 0.3) is 0 Å². The van der Waals surface area contributed by atoms with E-state index in [1.54, 1.807) is 0 Å². The first-order valence-electron chi connectivity index (χ1n) is 26.9. The fourth-order valence-electron chi connectivity index (χ4n) is 8.02. The molecule has 0 aromatic carbocycles. The topological polar surface area (TPSA) is 231 Å². The first kappa shape index (κ1) is 63.3. The standard InChI is InChI=1S/C55H94O15/c1-3-5-7-9-11-13-15-17-19-21-23-25-27-29-31-33-35-37-46(57)65-40-43(68-47(58)38-36-34-32-30-28-26-24-22-20-18-16-14-12-10-8-6-4-2)41-66-54-53(64)51(62)49(60)45(70-54)42-67-55-52(63)50(61)48(59)44(39-56)69-55/h11-14,17-20,23,25,43-45,48-56,59-64H,3-10,15-16,21-22,24,26-42H2,1-2H3/b13-11+,14-12+,19-17+,20-18+,25-23+/t43-,44+,45+,48-,49-,50?,51?,52?,53?,54+,55+/m0/s1. The number of hydrogen-bond donors (Lipinski definition) is 7. The van der Waals surface area contributed by atoms with Crippen molar-refractivity contribution in [2.75, 3.05) is 26.4 Å². The Kier molecular flexibility index (Phi) is 37.7. The van der Waals surface area contributed by atoms with Gasteiger partial charge in [-0.05, 0) is 83.5 Å². The van der Waals surface area contributed by atoms with Crippen LogP contribution in [0, 0.1) is 0 Å². The molecule has 0 spiro atoms. The van der Waals surface area contributed by atoms with Crippen LogP contribution in [0.25, 0.3) is 0 Å². The van der Waals surface area contributed by atoms with E-state index in [4.69, 9.17) is 28.4 Å². The minimum atomic E-state index is -1.77. The second kappa shape index (κ2) is 41.6. The highest BCUT2D eigenvalue weighted by atomic mass is 16.7. The first-order valence-corrected chi connectivity index (χ1v) is 26.9. The molecule has 2 aliphatic rings. The van der Waals surface area contributed by atoms with Crippen molar-refractivity contribution in [2.24, 2.45) is 0 Å². The highest BCUT2D eigenvalue weighted by Crippen LogP contribution is 2.26. The lowest BCUT2D eigenvalue weighted by atomic mass is 9.98. The summed E-state index contributed by atoms with van der Waals surface area (Å²) in [4.78, 5) is 25.8. The molecule has 0 bridgehead atoms. The minimum absolute atomic E-state index is 0.149. The van der Waals surface area contributed by atoms with E-state index in [-0.39, 0.29) is 19.4 Å². The third-order valence-electron chi connectivity index (χ3n) is 12.5. The van der Waals surface area contributed by atoms with Gasteiger partial charge in [0, 0.05) is 12.8 Å². The molecular formula is C55H94O15. The monoisotopic (exact) mass is 995 g/mol. The summed E-state index contributed by atoms with van der Waals surface area (Å²) in [7, 11) is 0. The van der Waals surface area contributed by atoms with Gasteiger partial charge in [-0.3, -0.25) is 9.59 Å². The molecule has 15 heteroatoms. The number of hydrogen-bond acceptors (Lipinski definition) is 15. The van der Waals surface area contributed by atoms with E-state index in [2.05, 4.69) is 74.6 Å². The zero-order valence-electron chi connectivity index (χ0n) is 42.7. The molecule has 0 amide bonds. The van der Waals surface area contributed by atoms with E-state index in [0.29, 0.717) is 12.8 Å². The summed E-state index contributed by atoms with van der Waals surface area (Å²) in [6.45, 7) is 2.50. The molecule has 0 saturated carbocycles. The molecule has 0 aliphatic carbocycles. The summed E-state index contributed by atoms with van der Waals surface area (Å²) in [5, 5.41) is 72.2. The second-order valence-electron chi connectivity index (χ2n) is 18.7. The number of rotatable bonds is 41. The molecule has 7 N–H and O–H groups in total. The highest BCUT2D eigenvalue weighted by molar-refractivity contribution is 5.70. The van der Waals surface area contributed by atoms with Crippen LogP contribution >= 0.6 is 0 Å². The van der Waals surface area contributed by atoms with Gasteiger partial charge in [0.05, 0.1) is 19.8 Å². The van der Waals surface area contributed by atoms with Crippen LogP contribution in [0.5, 0.6) is 0 Å². The van der Waals surface area contributed by atoms with Gasteiger partial charge in [0.2, 0.25) is 0 Å². The number of aliphatic hydroxyl groups excluding tert-OH is 7. The maximum Gasteiger partial charge on any atom is 0.306 e. The molecule has 2 aliphatic heterocycles. The lowest BCUT2D eigenvalue weighted by Crippen LogP contribution is -2.61. The van der Waals surface area contributed by atoms with Crippen LogP contribution in [0.3, 0.4) is 0 Å². The van der Waals surface area contributed by atoms with Gasteiger partial charge in [0.15, 0.2) is 18.7 Å². The Labute approximate surface area is 420 Å². The molecule has 2 saturated heterocycles. The van der Waals surface area contributed by atoms with Crippen molar-refractivity contribution in [1.29, 1.82) is 0 Å². The molecular weight excluding hydrogens is 901 g/mol. The van der Waals surface area contributed by atoms with Crippen molar-refractivity contribution in [3.8, 4) is 0 Å². The van der Waals surface area contributed by atoms with Crippen molar-refractivity contribution in [1.82, 2.24) is 0 Å². The zero-order chi connectivity index (χ0) is 51.0. The molecule has 0 radical (unpaired) electrons. The molecule has 11 atom stereocenters. The summed E-state index contributed by atoms with van der Waals surface area (Å²) in [6.07, 6.45) is 30.9. The molecule has 2 heterocycles. The lowest BCUT2D eigenvalue weighted by molar-refractivity contribution is -0.332. The van der Waals surface area contributed by atoms with Crippen molar-refractivity contribution in [3.63, 3.8) is 0 Å². The zero-order valence-corrected chi connectivity index (χ0v) is 42.7. The average molecular weight is 995 g/mol. The molecule has 404 valence electrons. The molecule has 0 aromatic rings. The number of allylic oxidation sites excluding steroid dienone is 10. The Morgan fingerprint density at radius 1 is 0.457 bits per heavy atom. The van der Waals surface area contributed by atoms with Crippen LogP contribution in [-0.4, -0.2) is 142 Å². The van der Waals surface area contributed by atoms with Gasteiger partial charge >= 0.3 is 11.9 Å². The third-order valence-corrected chi connectivity index (χ3v) is 12.5. The van der Waals surface area contributed by atoms with Crippen molar-refractivity contribution >= 4 is 11.9 Å². The third kappa shape index (κ3) is 29.0. The highest BCUT2D eigenvalue weighted by Gasteiger charge is 2.47. The lowest BCUT2D eigenvalue weighted by Gasteiger charge is -2.42. The van der Waals surface area contributed by atoms with Gasteiger partial charge in [-0.2, -0.15) is 0 Å². The first-order chi connectivity index (χ1) is 34.0. The number of ether oxygens (including phenoxy) is 6. The quantitative estimate of drug-likeness (QED) is 0.0175. The average Bonchev–Trinajstić information content (AvgIpc) is 3.35. The van der Waals surface area contributed by atoms with E-state index in [1.807, 2.05) is 0 Å². The molecule has 2 rings (SSSR count). The van der Waals surface area contributed by atoms with Gasteiger partial charge in [-0.15, -0.1) is 0 Å². The van der Waals surface area contributed by atoms with Crippen LogP contribution in [0.1, 0.15) is 181 Å². The molecule has 0 aromatic heterocycles. The van der Waals surface area contributed by atoms with Crippen LogP contribution in [-0.2, 0) is 38.0 Å². The van der Waals surface area contributed by atoms with E-state index in [1.165, 1.54) is 38.5 Å². The molecule has 15 nitrogen and oxygen atoms in total. The van der Waals surface area contributed by atoms with Crippen molar-refractivity contribution < 1.29 is 73.8 Å². The largest absolute Gasteiger partial charge is 0.462 e. The van der Waals surface area contributed by atoms with Gasteiger partial charge in [0.1, 0.15) is 55.4 Å². The normalized spacial score (nSPS) is 25.8. The van der Waals surface area contributed by atoms with Gasteiger partial charge in [-0.25, -0.2) is 0 Å². The van der Waals surface area contributed by atoms with Crippen LogP contribution in [0.4, 0.5) is 0 Å². The fourth-order valence-corrected chi connectivity index (χ4v) is 8.02. The maximum absolute atomic E-state index is 13.0. The SMILES string of the molecule is CCCCC/C=C/C/C=C/C/C=C/CCCCCCC(=O)OC[C@@H](CO[C@@H]1O[C@H](CO[C@@H]2O[C@H](CO)[C@H](O)C(O)C2O)[C@H](O)C(O)C1O)OC(=O)CCCCCCCCC/C=C/C/C=C/CCCCC. The van der Waals surface area contributed by atoms with E-state index in [9.17, 15) is 45.3 Å². The molecule has 4 unspecified atom stereocenters. The predicted octanol–water partition coefficient (Wildman–Crippen LogP) is 8.05. The summed E-state index contributed by atoms with van der Waals surface area (Å²) in [5.74, 6) is -0.961. The van der Waals surface area contributed by atoms with Gasteiger partial charge in [-0.1, -0.05) is 145 Å². The summed E-state index contributed by atoms with van der Waals surface area (Å²) in [5.41, 5.74) is 0. The molecule has 70 heavy (non-hydrogen) atoms. The van der Waals surface area contributed by atoms with E-state index < -0.39 is 99.3 Å². The number of carbonyl (C=O) groups excluding carboxylic acids is 2. The summed E-state index contributed by atoms with van der Waals surface area (Å²) in [6, 6.07) is 0. The number of carbonyl (C=O) groups is 2. The summed E-state index contributed by atoms with van der Waals surface area (Å²) < 4.78 is 33.6. The smallest absolute Gasteiger partial charge is 0.306 e. The Balaban J connectivity index is 1.81. The van der Waals surface area contributed by atoms with E-state index >= 15 is 0 Å². The second-order valence-corrected chi connectivity index (χ2v) is 18.7. The predicted molar refractivity (Wildman–Crippen MR) is 270 cm³/mol. The number of aliphatic hydroxyl groups is 7. The van der Waals surface area contributed by atoms with Crippen LogP contribution in [0.2, 0.25) is 0 Å². The Morgan fingerprint density at radius 3 is 1.34 bits per heavy atom. The Morgan fingerprint density at radius 2 is 0.857 bits per heavy atom. The summed E-state index contributed by atoms with van der Waals surface area (Å²) >= 11 is 0. The maximum atomic E-state index is 13.0. The van der Waals surface area contributed by atoms with Crippen LogP contribution < -0.4 is 0 Å². The Hall–Kier alpha value is -2.80. The van der Waals surface area contributed by atoms with E-state index in [0.717, 1.165) is 103 Å². The number of esters is 2. The Bertz CT molecular complexity index is 1450.